The molecule has 0 bridgehead atoms. The molecule has 3 saturated heterocycles. The van der Waals surface area contributed by atoms with Gasteiger partial charge in [0.05, 0.1) is 5.92 Å². The summed E-state index contributed by atoms with van der Waals surface area (Å²) in [6.07, 6.45) is 5.23. The molecule has 8 heteroatoms. The summed E-state index contributed by atoms with van der Waals surface area (Å²) in [5, 5.41) is 6.83. The first-order valence-electron chi connectivity index (χ1n) is 10.8. The van der Waals surface area contributed by atoms with E-state index in [4.69, 9.17) is 11.6 Å². The Kier molecular flexibility index (Phi) is 5.32. The zero-order valence-corrected chi connectivity index (χ0v) is 18.0. The van der Waals surface area contributed by atoms with Crippen molar-refractivity contribution in [3.63, 3.8) is 0 Å². The molecule has 3 amide bonds. The number of pyridine rings is 1. The molecule has 7 nitrogen and oxygen atoms in total. The number of hydrogen-bond donors (Lipinski definition) is 2. The molecule has 1 aromatic carbocycles. The van der Waals surface area contributed by atoms with Gasteiger partial charge >= 0.3 is 6.03 Å². The van der Waals surface area contributed by atoms with Crippen molar-refractivity contribution in [1.82, 2.24) is 20.1 Å². The van der Waals surface area contributed by atoms with Crippen molar-refractivity contribution >= 4 is 29.2 Å². The van der Waals surface area contributed by atoms with Crippen LogP contribution in [0.15, 0.2) is 48.8 Å². The third-order valence-electron chi connectivity index (χ3n) is 6.96. The topological polar surface area (TPSA) is 77.6 Å². The number of aromatic nitrogens is 1. The quantitative estimate of drug-likeness (QED) is 0.770. The van der Waals surface area contributed by atoms with Crippen LogP contribution in [0.25, 0.3) is 0 Å². The maximum atomic E-state index is 12.8. The summed E-state index contributed by atoms with van der Waals surface area (Å²) in [5.74, 6) is 0.480. The second-order valence-electron chi connectivity index (χ2n) is 8.84. The van der Waals surface area contributed by atoms with Gasteiger partial charge in [-0.15, -0.1) is 0 Å². The molecule has 31 heavy (non-hydrogen) atoms. The number of rotatable bonds is 3. The summed E-state index contributed by atoms with van der Waals surface area (Å²) < 4.78 is 0. The molecule has 0 unspecified atom stereocenters. The number of anilines is 1. The average molecular weight is 440 g/mol. The maximum absolute atomic E-state index is 12.8. The number of carbonyl (C=O) groups excluding carboxylic acids is 2. The molecule has 162 valence electrons. The number of nitrogens with zero attached hydrogens (tertiary/aromatic N) is 3. The fraction of sp³-hybridized carbons (Fsp3) is 0.435. The highest BCUT2D eigenvalue weighted by Crippen LogP contribution is 2.44. The Morgan fingerprint density at radius 2 is 2.06 bits per heavy atom. The van der Waals surface area contributed by atoms with Crippen LogP contribution >= 0.6 is 11.6 Å². The highest BCUT2D eigenvalue weighted by Gasteiger charge is 2.57. The summed E-state index contributed by atoms with van der Waals surface area (Å²) in [7, 11) is 0. The number of halogens is 1. The summed E-state index contributed by atoms with van der Waals surface area (Å²) in [6.45, 7) is 3.74. The Morgan fingerprint density at radius 3 is 2.81 bits per heavy atom. The zero-order valence-electron chi connectivity index (χ0n) is 17.3. The Balaban J connectivity index is 1.21. The number of benzene rings is 1. The van der Waals surface area contributed by atoms with Gasteiger partial charge < -0.3 is 15.5 Å². The van der Waals surface area contributed by atoms with E-state index in [1.54, 1.807) is 18.3 Å². The smallest absolute Gasteiger partial charge is 0.321 e. The number of urea groups is 1. The van der Waals surface area contributed by atoms with Gasteiger partial charge in [-0.05, 0) is 42.7 Å². The van der Waals surface area contributed by atoms with Gasteiger partial charge in [0.25, 0.3) is 0 Å². The number of fused-ring (bicyclic) bond motifs is 2. The molecular formula is C23H26ClN5O2. The van der Waals surface area contributed by atoms with Gasteiger partial charge in [0.15, 0.2) is 0 Å². The van der Waals surface area contributed by atoms with E-state index >= 15 is 0 Å². The maximum Gasteiger partial charge on any atom is 0.321 e. The molecule has 2 atom stereocenters. The van der Waals surface area contributed by atoms with Crippen LogP contribution in [0.2, 0.25) is 5.02 Å². The van der Waals surface area contributed by atoms with Crippen molar-refractivity contribution in [2.75, 3.05) is 31.5 Å². The van der Waals surface area contributed by atoms with Gasteiger partial charge in [0.1, 0.15) is 0 Å². The monoisotopic (exact) mass is 439 g/mol. The minimum atomic E-state index is -0.210. The predicted molar refractivity (Wildman–Crippen MR) is 119 cm³/mol. The third-order valence-corrected chi connectivity index (χ3v) is 7.20. The molecule has 5 rings (SSSR count). The molecule has 3 aliphatic rings. The van der Waals surface area contributed by atoms with Crippen molar-refractivity contribution in [3.8, 4) is 0 Å². The van der Waals surface area contributed by atoms with E-state index in [2.05, 4.69) is 26.6 Å². The molecule has 4 heterocycles. The van der Waals surface area contributed by atoms with Crippen molar-refractivity contribution in [1.29, 1.82) is 0 Å². The molecule has 1 spiro atoms. The first-order valence-corrected chi connectivity index (χ1v) is 11.1. The van der Waals surface area contributed by atoms with Gasteiger partial charge in [0, 0.05) is 67.3 Å². The molecule has 3 fully saturated rings. The van der Waals surface area contributed by atoms with E-state index in [1.165, 1.54) is 5.56 Å². The van der Waals surface area contributed by atoms with Crippen molar-refractivity contribution < 1.29 is 9.59 Å². The van der Waals surface area contributed by atoms with Crippen LogP contribution in [0.3, 0.4) is 0 Å². The SMILES string of the molecule is O=C1NC2(CCN(C(=O)Nc3cccc(Cl)c3)CC2)[C@@H]2CN(Cc3cccnc3)C[C@H]12. The molecule has 2 aromatic rings. The van der Waals surface area contributed by atoms with Crippen molar-refractivity contribution in [2.45, 2.75) is 24.9 Å². The van der Waals surface area contributed by atoms with Crippen LogP contribution in [0, 0.1) is 11.8 Å². The Morgan fingerprint density at radius 1 is 1.23 bits per heavy atom. The van der Waals surface area contributed by atoms with Crippen LogP contribution in [-0.4, -0.2) is 58.4 Å². The van der Waals surface area contributed by atoms with Crippen molar-refractivity contribution in [3.05, 3.63) is 59.4 Å². The molecule has 0 radical (unpaired) electrons. The average Bonchev–Trinajstić information content (AvgIpc) is 3.29. The van der Waals surface area contributed by atoms with Gasteiger partial charge in [-0.25, -0.2) is 4.79 Å². The van der Waals surface area contributed by atoms with Crippen LogP contribution in [0.4, 0.5) is 10.5 Å². The van der Waals surface area contributed by atoms with E-state index < -0.39 is 0 Å². The summed E-state index contributed by atoms with van der Waals surface area (Å²) in [5.41, 5.74) is 1.65. The third kappa shape index (κ3) is 4.00. The second-order valence-corrected chi connectivity index (χ2v) is 9.28. The van der Waals surface area contributed by atoms with Crippen molar-refractivity contribution in [2.24, 2.45) is 11.8 Å². The van der Waals surface area contributed by atoms with E-state index in [1.807, 2.05) is 29.3 Å². The number of carbonyl (C=O) groups is 2. The number of amides is 3. The van der Waals surface area contributed by atoms with E-state index in [0.717, 1.165) is 32.5 Å². The molecule has 2 N–H and O–H groups in total. The fourth-order valence-corrected chi connectivity index (χ4v) is 5.58. The molecule has 1 aromatic heterocycles. The number of hydrogen-bond acceptors (Lipinski definition) is 4. The minimum Gasteiger partial charge on any atom is -0.350 e. The van der Waals surface area contributed by atoms with Crippen LogP contribution in [0.1, 0.15) is 18.4 Å². The largest absolute Gasteiger partial charge is 0.350 e. The highest BCUT2D eigenvalue weighted by molar-refractivity contribution is 6.30. The van der Waals surface area contributed by atoms with Crippen LogP contribution in [-0.2, 0) is 11.3 Å². The molecule has 3 aliphatic heterocycles. The van der Waals surface area contributed by atoms with Gasteiger partial charge in [-0.2, -0.15) is 0 Å². The van der Waals surface area contributed by atoms with Gasteiger partial charge in [-0.1, -0.05) is 23.7 Å². The molecular weight excluding hydrogens is 414 g/mol. The normalized spacial score (nSPS) is 24.8. The number of nitrogens with one attached hydrogen (secondary N) is 2. The Bertz CT molecular complexity index is 977. The lowest BCUT2D eigenvalue weighted by Crippen LogP contribution is -2.56. The van der Waals surface area contributed by atoms with Gasteiger partial charge in [0.2, 0.25) is 5.91 Å². The summed E-state index contributed by atoms with van der Waals surface area (Å²) in [4.78, 5) is 33.9. The van der Waals surface area contributed by atoms with E-state index in [9.17, 15) is 9.59 Å². The fourth-order valence-electron chi connectivity index (χ4n) is 5.39. The van der Waals surface area contributed by atoms with Crippen LogP contribution in [0.5, 0.6) is 0 Å². The molecule has 0 saturated carbocycles. The number of piperidine rings is 1. The second kappa shape index (κ2) is 8.13. The number of likely N-dealkylation sites (tertiary alicyclic amines) is 2. The highest BCUT2D eigenvalue weighted by atomic mass is 35.5. The predicted octanol–water partition coefficient (Wildman–Crippen LogP) is 2.98. The van der Waals surface area contributed by atoms with Gasteiger partial charge in [-0.3, -0.25) is 14.7 Å². The first-order chi connectivity index (χ1) is 15.0. The lowest BCUT2D eigenvalue weighted by Gasteiger charge is -2.42. The van der Waals surface area contributed by atoms with E-state index in [0.29, 0.717) is 23.8 Å². The van der Waals surface area contributed by atoms with E-state index in [-0.39, 0.29) is 29.3 Å². The van der Waals surface area contributed by atoms with Crippen LogP contribution < -0.4 is 10.6 Å². The summed E-state index contributed by atoms with van der Waals surface area (Å²) in [6, 6.07) is 11.1. The lowest BCUT2D eigenvalue weighted by molar-refractivity contribution is -0.123. The Hall–Kier alpha value is -2.64. The minimum absolute atomic E-state index is 0.0310. The standard InChI is InChI=1S/C23H26ClN5O2/c24-17-4-1-5-18(11-17)26-22(31)29-9-6-23(7-10-29)20-15-28(14-19(20)21(30)27-23)13-16-3-2-8-25-12-16/h1-5,8,11-12,19-20H,6-7,9-10,13-15H2,(H,26,31)(H,27,30)/t19-,20+/m0/s1. The first kappa shape index (κ1) is 20.3. The zero-order chi connectivity index (χ0) is 21.4. The molecule has 0 aliphatic carbocycles. The summed E-state index contributed by atoms with van der Waals surface area (Å²) >= 11 is 6.01. The Labute approximate surface area is 186 Å². The lowest BCUT2D eigenvalue weighted by atomic mass is 9.75.